The number of nitrogens with two attached hydrogens (primary N) is 1. The van der Waals surface area contributed by atoms with Gasteiger partial charge in [-0.05, 0) is 17.5 Å². The van der Waals surface area contributed by atoms with Crippen LogP contribution in [0, 0.1) is 0 Å². The number of rotatable bonds is 3. The Bertz CT molecular complexity index is 436. The number of hydrogen-bond donors (Lipinski definition) is 2. The fourth-order valence-corrected chi connectivity index (χ4v) is 2.16. The molecule has 0 unspecified atom stereocenters. The number of amides is 3. The van der Waals surface area contributed by atoms with Crippen LogP contribution in [-0.4, -0.2) is 36.0 Å². The van der Waals surface area contributed by atoms with E-state index in [1.165, 1.54) is 11.0 Å². The van der Waals surface area contributed by atoms with Crippen LogP contribution in [-0.2, 0) is 4.79 Å². The van der Waals surface area contributed by atoms with E-state index in [9.17, 15) is 9.59 Å². The van der Waals surface area contributed by atoms with E-state index in [-0.39, 0.29) is 11.9 Å². The fourth-order valence-electron chi connectivity index (χ4n) is 1.54. The highest BCUT2D eigenvalue weighted by atomic mass is 32.1. The molecule has 6 heteroatoms. The van der Waals surface area contributed by atoms with Crippen LogP contribution in [0.2, 0.25) is 0 Å². The van der Waals surface area contributed by atoms with Crippen molar-refractivity contribution in [3.63, 3.8) is 0 Å². The van der Waals surface area contributed by atoms with E-state index in [1.54, 1.807) is 17.4 Å². The molecule has 1 saturated heterocycles. The average Bonchev–Trinajstić information content (AvgIpc) is 2.72. The predicted molar refractivity (Wildman–Crippen MR) is 66.4 cm³/mol. The molecule has 90 valence electrons. The molecule has 0 radical (unpaired) electrons. The minimum Gasteiger partial charge on any atom is -0.351 e. The molecule has 1 fully saturated rings. The third-order valence-electron chi connectivity index (χ3n) is 2.48. The summed E-state index contributed by atoms with van der Waals surface area (Å²) in [6.45, 7) is 0.988. The van der Waals surface area contributed by atoms with Crippen molar-refractivity contribution in [2.24, 2.45) is 5.73 Å². The number of carbonyl (C=O) groups is 2. The zero-order valence-corrected chi connectivity index (χ0v) is 9.94. The Morgan fingerprint density at radius 1 is 1.53 bits per heavy atom. The van der Waals surface area contributed by atoms with Crippen LogP contribution in [0.4, 0.5) is 4.79 Å². The Morgan fingerprint density at radius 2 is 2.29 bits per heavy atom. The number of nitrogens with one attached hydrogen (secondary N) is 1. The van der Waals surface area contributed by atoms with Crippen LogP contribution in [0.5, 0.6) is 0 Å². The van der Waals surface area contributed by atoms with Crippen molar-refractivity contribution in [2.45, 2.75) is 6.04 Å². The molecule has 5 nitrogen and oxygen atoms in total. The largest absolute Gasteiger partial charge is 0.351 e. The molecular weight excluding hydrogens is 238 g/mol. The fraction of sp³-hybridized carbons (Fsp3) is 0.273. The number of thiophene rings is 1. The van der Waals surface area contributed by atoms with Crippen LogP contribution < -0.4 is 11.1 Å². The summed E-state index contributed by atoms with van der Waals surface area (Å²) in [5.74, 6) is -0.146. The van der Waals surface area contributed by atoms with Gasteiger partial charge in [-0.15, -0.1) is 11.3 Å². The quantitative estimate of drug-likeness (QED) is 0.774. The van der Waals surface area contributed by atoms with Crippen molar-refractivity contribution in [3.8, 4) is 0 Å². The molecule has 0 saturated carbocycles. The average molecular weight is 251 g/mol. The SMILES string of the molecule is NC(=O)N1CC(NC(=O)/C=C/c2cccs2)C1. The summed E-state index contributed by atoms with van der Waals surface area (Å²) in [7, 11) is 0. The van der Waals surface area contributed by atoms with Gasteiger partial charge in [0.1, 0.15) is 0 Å². The molecule has 3 N–H and O–H groups in total. The summed E-state index contributed by atoms with van der Waals surface area (Å²) in [5.41, 5.74) is 5.08. The van der Waals surface area contributed by atoms with Gasteiger partial charge >= 0.3 is 6.03 Å². The minimum absolute atomic E-state index is 0.0167. The lowest BCUT2D eigenvalue weighted by Crippen LogP contribution is -2.62. The van der Waals surface area contributed by atoms with E-state index in [4.69, 9.17) is 5.73 Å². The lowest BCUT2D eigenvalue weighted by Gasteiger charge is -2.37. The van der Waals surface area contributed by atoms with Crippen molar-refractivity contribution < 1.29 is 9.59 Å². The maximum atomic E-state index is 11.5. The second-order valence-electron chi connectivity index (χ2n) is 3.80. The van der Waals surface area contributed by atoms with Gasteiger partial charge < -0.3 is 16.0 Å². The van der Waals surface area contributed by atoms with Crippen molar-refractivity contribution in [1.29, 1.82) is 0 Å². The topological polar surface area (TPSA) is 75.4 Å². The third kappa shape index (κ3) is 3.07. The second kappa shape index (κ2) is 5.01. The molecule has 0 aliphatic carbocycles. The van der Waals surface area contributed by atoms with Gasteiger partial charge in [-0.2, -0.15) is 0 Å². The maximum Gasteiger partial charge on any atom is 0.314 e. The molecule has 2 heterocycles. The monoisotopic (exact) mass is 251 g/mol. The molecular formula is C11H13N3O2S. The lowest BCUT2D eigenvalue weighted by molar-refractivity contribution is -0.117. The molecule has 1 aliphatic heterocycles. The molecule has 1 aliphatic rings. The summed E-state index contributed by atoms with van der Waals surface area (Å²) in [4.78, 5) is 24.7. The molecule has 17 heavy (non-hydrogen) atoms. The van der Waals surface area contributed by atoms with Crippen LogP contribution in [0.3, 0.4) is 0 Å². The number of carbonyl (C=O) groups excluding carboxylic acids is 2. The Hall–Kier alpha value is -1.82. The first-order chi connectivity index (χ1) is 8.15. The van der Waals surface area contributed by atoms with E-state index in [0.717, 1.165) is 4.88 Å². The van der Waals surface area contributed by atoms with Gasteiger partial charge in [0, 0.05) is 24.0 Å². The van der Waals surface area contributed by atoms with E-state index >= 15 is 0 Å². The van der Waals surface area contributed by atoms with Crippen LogP contribution in [0.25, 0.3) is 6.08 Å². The molecule has 0 atom stereocenters. The first-order valence-corrected chi connectivity index (χ1v) is 6.09. The van der Waals surface area contributed by atoms with Gasteiger partial charge in [-0.3, -0.25) is 4.79 Å². The van der Waals surface area contributed by atoms with Gasteiger partial charge in [0.2, 0.25) is 5.91 Å². The van der Waals surface area contributed by atoms with Crippen LogP contribution in [0.15, 0.2) is 23.6 Å². The molecule has 2 rings (SSSR count). The van der Waals surface area contributed by atoms with Crippen molar-refractivity contribution in [2.75, 3.05) is 13.1 Å². The van der Waals surface area contributed by atoms with Crippen molar-refractivity contribution in [3.05, 3.63) is 28.5 Å². The third-order valence-corrected chi connectivity index (χ3v) is 3.32. The lowest BCUT2D eigenvalue weighted by atomic mass is 10.1. The van der Waals surface area contributed by atoms with Crippen LogP contribution >= 0.6 is 11.3 Å². The summed E-state index contributed by atoms with van der Waals surface area (Å²) in [5, 5.41) is 4.75. The molecule has 0 spiro atoms. The standard InChI is InChI=1S/C11H13N3O2S/c12-11(16)14-6-8(7-14)13-10(15)4-3-9-2-1-5-17-9/h1-5,8H,6-7H2,(H2,12,16)(H,13,15)/b4-3+. The highest BCUT2D eigenvalue weighted by Crippen LogP contribution is 2.10. The predicted octanol–water partition coefficient (Wildman–Crippen LogP) is 0.640. The Kier molecular flexibility index (Phi) is 3.43. The van der Waals surface area contributed by atoms with E-state index in [0.29, 0.717) is 13.1 Å². The van der Waals surface area contributed by atoms with E-state index in [1.807, 2.05) is 17.5 Å². The summed E-state index contributed by atoms with van der Waals surface area (Å²) in [6.07, 6.45) is 3.27. The number of urea groups is 1. The van der Waals surface area contributed by atoms with Gasteiger partial charge in [0.25, 0.3) is 0 Å². The molecule has 1 aromatic heterocycles. The number of likely N-dealkylation sites (tertiary alicyclic amines) is 1. The summed E-state index contributed by atoms with van der Waals surface area (Å²) in [6, 6.07) is 3.44. The maximum absolute atomic E-state index is 11.5. The van der Waals surface area contributed by atoms with E-state index in [2.05, 4.69) is 5.32 Å². The zero-order valence-electron chi connectivity index (χ0n) is 9.13. The molecule has 0 bridgehead atoms. The Labute approximate surface area is 103 Å². The van der Waals surface area contributed by atoms with E-state index < -0.39 is 6.03 Å². The van der Waals surface area contributed by atoms with Gasteiger partial charge in [0.05, 0.1) is 6.04 Å². The van der Waals surface area contributed by atoms with Crippen molar-refractivity contribution in [1.82, 2.24) is 10.2 Å². The summed E-state index contributed by atoms with van der Waals surface area (Å²) < 4.78 is 0. The van der Waals surface area contributed by atoms with Crippen molar-refractivity contribution >= 4 is 29.4 Å². The molecule has 1 aromatic rings. The summed E-state index contributed by atoms with van der Waals surface area (Å²) >= 11 is 1.57. The number of primary amides is 1. The Balaban J connectivity index is 1.74. The number of nitrogens with zero attached hydrogens (tertiary/aromatic N) is 1. The minimum atomic E-state index is -0.440. The van der Waals surface area contributed by atoms with Gasteiger partial charge in [0.15, 0.2) is 0 Å². The van der Waals surface area contributed by atoms with Crippen LogP contribution in [0.1, 0.15) is 4.88 Å². The number of hydrogen-bond acceptors (Lipinski definition) is 3. The highest BCUT2D eigenvalue weighted by molar-refractivity contribution is 7.10. The zero-order chi connectivity index (χ0) is 12.3. The smallest absolute Gasteiger partial charge is 0.314 e. The normalized spacial score (nSPS) is 15.9. The molecule has 3 amide bonds. The first kappa shape index (κ1) is 11.7. The first-order valence-electron chi connectivity index (χ1n) is 5.21. The second-order valence-corrected chi connectivity index (χ2v) is 4.78. The Morgan fingerprint density at radius 3 is 2.88 bits per heavy atom. The highest BCUT2D eigenvalue weighted by Gasteiger charge is 2.29. The van der Waals surface area contributed by atoms with Gasteiger partial charge in [-0.25, -0.2) is 4.79 Å². The van der Waals surface area contributed by atoms with Gasteiger partial charge in [-0.1, -0.05) is 6.07 Å². The molecule has 0 aromatic carbocycles.